The second kappa shape index (κ2) is 19.9. The van der Waals surface area contributed by atoms with Gasteiger partial charge in [0.2, 0.25) is 0 Å². The molecule has 0 aromatic heterocycles. The van der Waals surface area contributed by atoms with E-state index in [1.807, 2.05) is 88.4 Å². The summed E-state index contributed by atoms with van der Waals surface area (Å²) in [4.78, 5) is 50.2. The minimum absolute atomic E-state index is 0. The topological polar surface area (TPSA) is 129 Å². The number of ether oxygens (including phenoxy) is 4. The summed E-state index contributed by atoms with van der Waals surface area (Å²) in [5, 5.41) is 5.08. The Hall–Kier alpha value is -3.08. The van der Waals surface area contributed by atoms with E-state index < -0.39 is 42.3 Å². The number of hydrogen-bond acceptors (Lipinski definition) is 8. The van der Waals surface area contributed by atoms with Crippen molar-refractivity contribution in [2.45, 2.75) is 71.9 Å². The van der Waals surface area contributed by atoms with E-state index in [1.54, 1.807) is 0 Å². The number of benzene rings is 2. The molecule has 42 heavy (non-hydrogen) atoms. The van der Waals surface area contributed by atoms with E-state index in [9.17, 15) is 19.2 Å². The average molecular weight is 594 g/mol. The average Bonchev–Trinajstić information content (AvgIpc) is 2.93. The molecule has 2 aromatic rings. The third-order valence-electron chi connectivity index (χ3n) is 5.69. The number of alkyl carbamates (subject to hydrolysis) is 2. The Bertz CT molecular complexity index is 1100. The van der Waals surface area contributed by atoms with Crippen molar-refractivity contribution in [1.82, 2.24) is 10.6 Å². The molecule has 0 spiro atoms. The number of hydrogen-bond donors (Lipinski definition) is 2. The SMILES string of the molecule is [CH2]C(COC(=O)[C@H](CC(C)C)NC(=O)OCc1ccccc1)OC(=O)[C@H](CC(C)C)NC(=O)OCc1ccccc1.[NaH]. The molecular weight excluding hydrogens is 551 g/mol. The van der Waals surface area contributed by atoms with Crippen LogP contribution in [0, 0.1) is 18.8 Å². The van der Waals surface area contributed by atoms with Gasteiger partial charge >= 0.3 is 53.7 Å². The van der Waals surface area contributed by atoms with Crippen LogP contribution >= 0.6 is 0 Å². The molecule has 0 aliphatic heterocycles. The summed E-state index contributed by atoms with van der Waals surface area (Å²) < 4.78 is 21.1. The molecule has 0 saturated carbocycles. The Morgan fingerprint density at radius 3 is 1.48 bits per heavy atom. The number of esters is 2. The fourth-order valence-electron chi connectivity index (χ4n) is 3.74. The molecule has 10 nitrogen and oxygen atoms in total. The van der Waals surface area contributed by atoms with Gasteiger partial charge in [-0.15, -0.1) is 0 Å². The molecular formula is C31H42N2NaO8. The van der Waals surface area contributed by atoms with Gasteiger partial charge in [-0.3, -0.25) is 0 Å². The molecule has 0 saturated heterocycles. The van der Waals surface area contributed by atoms with Crippen LogP contribution < -0.4 is 10.6 Å². The van der Waals surface area contributed by atoms with E-state index in [0.29, 0.717) is 12.8 Å². The van der Waals surface area contributed by atoms with Crippen LogP contribution in [0.5, 0.6) is 0 Å². The van der Waals surface area contributed by atoms with E-state index >= 15 is 0 Å². The zero-order chi connectivity index (χ0) is 30.2. The van der Waals surface area contributed by atoms with Crippen molar-refractivity contribution >= 4 is 53.7 Å². The van der Waals surface area contributed by atoms with Crippen LogP contribution in [0.3, 0.4) is 0 Å². The summed E-state index contributed by atoms with van der Waals surface area (Å²) in [6, 6.07) is 16.4. The standard InChI is InChI=1S/C31H41N2O8.Na.H/c1-21(2)16-26(32-30(36)39-19-24-12-8-6-9-13-24)28(34)38-18-23(5)41-29(35)27(17-22(3)4)33-31(37)40-20-25-14-10-7-11-15-25;;/h6-15,21-23,26-27H,5,16-20H2,1-4H3,(H,32,36)(H,33,37);;/t23?,26-,27-;;/m0../s1. The van der Waals surface area contributed by atoms with E-state index in [4.69, 9.17) is 18.9 Å². The Kier molecular flexibility index (Phi) is 17.5. The van der Waals surface area contributed by atoms with Gasteiger partial charge in [0, 0.05) is 0 Å². The summed E-state index contributed by atoms with van der Waals surface area (Å²) >= 11 is 0. The second-order valence-electron chi connectivity index (χ2n) is 10.5. The molecule has 11 heteroatoms. The quantitative estimate of drug-likeness (QED) is 0.178. The van der Waals surface area contributed by atoms with Gasteiger partial charge in [-0.1, -0.05) is 88.4 Å². The fourth-order valence-corrected chi connectivity index (χ4v) is 3.74. The Labute approximate surface area is 270 Å². The fraction of sp³-hybridized carbons (Fsp3) is 0.452. The van der Waals surface area contributed by atoms with Crippen LogP contribution in [-0.2, 0) is 41.8 Å². The first kappa shape index (κ1) is 36.9. The molecule has 225 valence electrons. The van der Waals surface area contributed by atoms with Gasteiger partial charge in [0.05, 0.1) is 0 Å². The van der Waals surface area contributed by atoms with Crippen molar-refractivity contribution in [1.29, 1.82) is 0 Å². The van der Waals surface area contributed by atoms with Gasteiger partial charge in [0.15, 0.2) is 0 Å². The van der Waals surface area contributed by atoms with E-state index in [0.717, 1.165) is 11.1 Å². The molecule has 1 radical (unpaired) electrons. The van der Waals surface area contributed by atoms with Crippen LogP contribution in [0.4, 0.5) is 9.59 Å². The Morgan fingerprint density at radius 2 is 1.07 bits per heavy atom. The number of nitrogens with one attached hydrogen (secondary N) is 2. The minimum atomic E-state index is -1.05. The van der Waals surface area contributed by atoms with E-state index in [-0.39, 0.29) is 61.2 Å². The second-order valence-corrected chi connectivity index (χ2v) is 10.5. The Balaban J connectivity index is 0.00000882. The summed E-state index contributed by atoms with van der Waals surface area (Å²) in [7, 11) is 0. The normalized spacial score (nSPS) is 12.7. The predicted molar refractivity (Wildman–Crippen MR) is 159 cm³/mol. The molecule has 0 fully saturated rings. The Morgan fingerprint density at radius 1 is 0.667 bits per heavy atom. The molecule has 1 unspecified atom stereocenters. The summed E-state index contributed by atoms with van der Waals surface area (Å²) in [5.41, 5.74) is 1.61. The van der Waals surface area contributed by atoms with Crippen molar-refractivity contribution in [3.63, 3.8) is 0 Å². The van der Waals surface area contributed by atoms with Crippen LogP contribution in [-0.4, -0.2) is 78.5 Å². The number of carbonyl (C=O) groups excluding carboxylic acids is 4. The molecule has 0 bridgehead atoms. The van der Waals surface area contributed by atoms with Gasteiger partial charge in [0.25, 0.3) is 0 Å². The summed E-state index contributed by atoms with van der Waals surface area (Å²) in [6.07, 6.45) is -1.95. The predicted octanol–water partition coefficient (Wildman–Crippen LogP) is 4.31. The molecule has 0 aliphatic carbocycles. The maximum atomic E-state index is 12.8. The van der Waals surface area contributed by atoms with Crippen molar-refractivity contribution in [2.75, 3.05) is 6.61 Å². The molecule has 2 rings (SSSR count). The zero-order valence-corrected chi connectivity index (χ0v) is 24.2. The molecule has 0 aliphatic rings. The van der Waals surface area contributed by atoms with Gasteiger partial charge in [-0.05, 0) is 42.7 Å². The molecule has 2 amide bonds. The third kappa shape index (κ3) is 15.2. The van der Waals surface area contributed by atoms with Crippen molar-refractivity contribution in [3.8, 4) is 0 Å². The molecule has 0 heterocycles. The number of amides is 2. The first-order valence-electron chi connectivity index (χ1n) is 13.7. The van der Waals surface area contributed by atoms with Crippen molar-refractivity contribution < 1.29 is 38.1 Å². The van der Waals surface area contributed by atoms with E-state index in [1.165, 1.54) is 0 Å². The maximum absolute atomic E-state index is 12.8. The van der Waals surface area contributed by atoms with Crippen LogP contribution in [0.2, 0.25) is 0 Å². The summed E-state index contributed by atoms with van der Waals surface area (Å²) in [6.45, 7) is 11.1. The summed E-state index contributed by atoms with van der Waals surface area (Å²) in [5.74, 6) is -1.30. The number of carbonyl (C=O) groups is 4. The van der Waals surface area contributed by atoms with Crippen LogP contribution in [0.15, 0.2) is 60.7 Å². The van der Waals surface area contributed by atoms with Crippen LogP contribution in [0.25, 0.3) is 0 Å². The van der Waals surface area contributed by atoms with Gasteiger partial charge in [-0.2, -0.15) is 0 Å². The van der Waals surface area contributed by atoms with E-state index in [2.05, 4.69) is 17.6 Å². The van der Waals surface area contributed by atoms with Gasteiger partial charge in [-0.25, -0.2) is 19.2 Å². The zero-order valence-electron chi connectivity index (χ0n) is 24.2. The molecule has 2 aromatic carbocycles. The van der Waals surface area contributed by atoms with Gasteiger partial charge < -0.3 is 29.6 Å². The van der Waals surface area contributed by atoms with Crippen molar-refractivity contribution in [2.24, 2.45) is 11.8 Å². The molecule has 2 N–H and O–H groups in total. The number of rotatable bonds is 15. The molecule has 3 atom stereocenters. The van der Waals surface area contributed by atoms with Gasteiger partial charge in [0.1, 0.15) is 38.0 Å². The van der Waals surface area contributed by atoms with Crippen LogP contribution in [0.1, 0.15) is 51.7 Å². The first-order chi connectivity index (χ1) is 19.5. The van der Waals surface area contributed by atoms with Crippen molar-refractivity contribution in [3.05, 3.63) is 78.7 Å². The third-order valence-corrected chi connectivity index (χ3v) is 5.69. The first-order valence-corrected chi connectivity index (χ1v) is 13.7. The monoisotopic (exact) mass is 593 g/mol.